The van der Waals surface area contributed by atoms with Crippen LogP contribution in [0.2, 0.25) is 0 Å². The topological polar surface area (TPSA) is 13.1 Å². The molecule has 0 radical (unpaired) electrons. The van der Waals surface area contributed by atoms with Crippen LogP contribution in [0.25, 0.3) is 11.2 Å². The van der Waals surface area contributed by atoms with E-state index in [1.165, 1.54) is 84.8 Å². The van der Waals surface area contributed by atoms with E-state index in [-0.39, 0.29) is 0 Å². The second-order valence-corrected chi connectivity index (χ2v) is 5.67. The van der Waals surface area contributed by atoms with Gasteiger partial charge in [-0.25, -0.2) is 0 Å². The number of hydrogen-bond acceptors (Lipinski definition) is 1. The summed E-state index contributed by atoms with van der Waals surface area (Å²) in [4.78, 5) is 0. The van der Waals surface area contributed by atoms with Crippen molar-refractivity contribution in [3.05, 3.63) is 22.3 Å². The maximum atomic E-state index is 6.22. The Morgan fingerprint density at radius 1 is 0.526 bits per heavy atom. The average Bonchev–Trinajstić information content (AvgIpc) is 2.90. The Morgan fingerprint density at radius 3 is 1.00 bits per heavy atom. The van der Waals surface area contributed by atoms with E-state index in [0.29, 0.717) is 0 Å². The van der Waals surface area contributed by atoms with Crippen LogP contribution in [-0.4, -0.2) is 0 Å². The largest absolute Gasteiger partial charge is 0.456 e. The van der Waals surface area contributed by atoms with Gasteiger partial charge in [0.1, 0.15) is 11.2 Å². The summed E-state index contributed by atoms with van der Waals surface area (Å²) >= 11 is 0. The Kier molecular flexibility index (Phi) is 4.90. The molecule has 0 fully saturated rings. The van der Waals surface area contributed by atoms with Gasteiger partial charge in [0.05, 0.1) is 0 Å². The van der Waals surface area contributed by atoms with Gasteiger partial charge >= 0.3 is 0 Å². The van der Waals surface area contributed by atoms with Crippen molar-refractivity contribution in [1.82, 2.24) is 0 Å². The van der Waals surface area contributed by atoms with Crippen molar-refractivity contribution < 1.29 is 4.42 Å². The van der Waals surface area contributed by atoms with Crippen LogP contribution in [-0.2, 0) is 25.7 Å². The molecule has 0 aliphatic heterocycles. The van der Waals surface area contributed by atoms with Gasteiger partial charge in [0.25, 0.3) is 0 Å². The summed E-state index contributed by atoms with van der Waals surface area (Å²) in [6.45, 7) is 9.07. The van der Waals surface area contributed by atoms with Crippen LogP contribution < -0.4 is 0 Å². The number of aryl methyl sites for hydroxylation is 4. The molecule has 1 heteroatoms. The van der Waals surface area contributed by atoms with Crippen molar-refractivity contribution in [1.29, 1.82) is 0 Å². The van der Waals surface area contributed by atoms with Crippen LogP contribution in [0.15, 0.2) is 4.42 Å². The molecular weight excluding hydrogens is 232 g/mol. The standard InChI is InChI=1S/C18H28O/c1-5-9-13-14(10-6-2)18-16(12-8-4)15(11-7-3)17(13)19-18/h5-12H2,1-4H3. The fourth-order valence-corrected chi connectivity index (χ4v) is 3.32. The van der Waals surface area contributed by atoms with Crippen LogP contribution in [0.1, 0.15) is 75.6 Å². The summed E-state index contributed by atoms with van der Waals surface area (Å²) in [6, 6.07) is 0. The fourth-order valence-electron chi connectivity index (χ4n) is 3.32. The first-order valence-electron chi connectivity index (χ1n) is 8.15. The molecule has 19 heavy (non-hydrogen) atoms. The average molecular weight is 260 g/mol. The van der Waals surface area contributed by atoms with Gasteiger partial charge in [0.2, 0.25) is 0 Å². The Labute approximate surface area is 117 Å². The van der Waals surface area contributed by atoms with Crippen LogP contribution in [0.4, 0.5) is 0 Å². The Balaban J connectivity index is 2.53. The molecule has 1 nitrogen and oxygen atoms in total. The predicted molar refractivity (Wildman–Crippen MR) is 83.4 cm³/mol. The summed E-state index contributed by atoms with van der Waals surface area (Å²) in [7, 11) is 0. The van der Waals surface area contributed by atoms with Crippen LogP contribution >= 0.6 is 0 Å². The lowest BCUT2D eigenvalue weighted by molar-refractivity contribution is 0.663. The molecule has 106 valence electrons. The minimum atomic E-state index is 1.18. The fraction of sp³-hybridized carbons (Fsp3) is 0.667. The third-order valence-corrected chi connectivity index (χ3v) is 4.03. The first-order valence-corrected chi connectivity index (χ1v) is 8.15. The Morgan fingerprint density at radius 2 is 0.789 bits per heavy atom. The zero-order chi connectivity index (χ0) is 13.8. The first-order chi connectivity index (χ1) is 9.28. The van der Waals surface area contributed by atoms with Gasteiger partial charge < -0.3 is 4.42 Å². The number of rotatable bonds is 8. The lowest BCUT2D eigenvalue weighted by Crippen LogP contribution is -2.00. The molecule has 0 saturated heterocycles. The van der Waals surface area contributed by atoms with Gasteiger partial charge in [-0.05, 0) is 25.7 Å². The highest BCUT2D eigenvalue weighted by atomic mass is 16.3. The van der Waals surface area contributed by atoms with Crippen molar-refractivity contribution in [3.63, 3.8) is 0 Å². The number of benzene rings is 1. The molecule has 2 aromatic rings. The summed E-state index contributed by atoms with van der Waals surface area (Å²) in [5.41, 5.74) is 8.63. The molecule has 0 spiro atoms. The highest BCUT2D eigenvalue weighted by Gasteiger charge is 2.24. The van der Waals surface area contributed by atoms with Crippen LogP contribution in [0, 0.1) is 0 Å². The molecule has 2 bridgehead atoms. The molecule has 0 atom stereocenters. The van der Waals surface area contributed by atoms with Gasteiger partial charge in [-0.1, -0.05) is 53.4 Å². The SMILES string of the molecule is CCCc1c(CCC)c2oc1c(CCC)c2CCC. The van der Waals surface area contributed by atoms with Crippen LogP contribution in [0.3, 0.4) is 0 Å². The van der Waals surface area contributed by atoms with Crippen LogP contribution in [0.5, 0.6) is 0 Å². The van der Waals surface area contributed by atoms with E-state index in [2.05, 4.69) is 27.7 Å². The molecular formula is C18H28O. The highest BCUT2D eigenvalue weighted by molar-refractivity contribution is 5.81. The third kappa shape index (κ3) is 2.52. The number of fused-ring (bicyclic) bond motifs is 2. The normalized spacial score (nSPS) is 11.8. The molecule has 0 aliphatic carbocycles. The van der Waals surface area contributed by atoms with E-state index in [1.54, 1.807) is 0 Å². The second kappa shape index (κ2) is 6.45. The van der Waals surface area contributed by atoms with Crippen molar-refractivity contribution in [2.45, 2.75) is 79.1 Å². The maximum absolute atomic E-state index is 6.22. The minimum absolute atomic E-state index is 1.18. The van der Waals surface area contributed by atoms with E-state index in [4.69, 9.17) is 4.42 Å². The van der Waals surface area contributed by atoms with Crippen molar-refractivity contribution >= 4 is 11.2 Å². The van der Waals surface area contributed by atoms with Crippen molar-refractivity contribution in [2.24, 2.45) is 0 Å². The smallest absolute Gasteiger partial charge is 0.134 e. The van der Waals surface area contributed by atoms with Gasteiger partial charge in [0.15, 0.2) is 0 Å². The predicted octanol–water partition coefficient (Wildman–Crippen LogP) is 5.68. The molecule has 2 rings (SSSR count). The van der Waals surface area contributed by atoms with E-state index in [0.717, 1.165) is 0 Å². The van der Waals surface area contributed by atoms with Gasteiger partial charge in [-0.2, -0.15) is 0 Å². The van der Waals surface area contributed by atoms with Gasteiger partial charge in [0, 0.05) is 22.3 Å². The summed E-state index contributed by atoms with van der Waals surface area (Å²) in [5.74, 6) is 0. The van der Waals surface area contributed by atoms with E-state index in [1.807, 2.05) is 0 Å². The zero-order valence-corrected chi connectivity index (χ0v) is 13.1. The molecule has 0 aromatic carbocycles. The molecule has 0 aliphatic rings. The molecule has 0 saturated carbocycles. The summed E-state index contributed by atoms with van der Waals surface area (Å²) < 4.78 is 6.22. The molecule has 0 amide bonds. The van der Waals surface area contributed by atoms with Gasteiger partial charge in [-0.15, -0.1) is 0 Å². The quantitative estimate of drug-likeness (QED) is 0.595. The molecule has 0 N–H and O–H groups in total. The van der Waals surface area contributed by atoms with E-state index < -0.39 is 0 Å². The van der Waals surface area contributed by atoms with E-state index >= 15 is 0 Å². The second-order valence-electron chi connectivity index (χ2n) is 5.67. The third-order valence-electron chi connectivity index (χ3n) is 4.03. The summed E-state index contributed by atoms with van der Waals surface area (Å²) in [5, 5.41) is 0. The zero-order valence-electron chi connectivity index (χ0n) is 13.1. The molecule has 0 unspecified atom stereocenters. The van der Waals surface area contributed by atoms with E-state index in [9.17, 15) is 0 Å². The first kappa shape index (κ1) is 14.4. The van der Waals surface area contributed by atoms with Crippen molar-refractivity contribution in [2.75, 3.05) is 0 Å². The van der Waals surface area contributed by atoms with Crippen molar-refractivity contribution in [3.8, 4) is 0 Å². The lowest BCUT2D eigenvalue weighted by atomic mass is 9.90. The highest BCUT2D eigenvalue weighted by Crippen LogP contribution is 2.39. The molecule has 2 aromatic heterocycles. The lowest BCUT2D eigenvalue weighted by Gasteiger charge is -2.10. The monoisotopic (exact) mass is 260 g/mol. The molecule has 2 heterocycles. The Hall–Kier alpha value is -0.980. The minimum Gasteiger partial charge on any atom is -0.456 e. The Bertz CT molecular complexity index is 422. The summed E-state index contributed by atoms with van der Waals surface area (Å²) in [6.07, 6.45) is 9.58. The maximum Gasteiger partial charge on any atom is 0.134 e. The number of hydrogen-bond donors (Lipinski definition) is 0. The van der Waals surface area contributed by atoms with Gasteiger partial charge in [-0.3, -0.25) is 0 Å². The number of furan rings is 2.